The molecule has 0 fully saturated rings. The number of hydrogen-bond acceptors (Lipinski definition) is 2. The molecular formula is C8H8ClIO2. The number of hydrogen-bond donors (Lipinski definition) is 0. The summed E-state index contributed by atoms with van der Waals surface area (Å²) >= 11 is 8.04. The molecule has 0 heterocycles. The smallest absolute Gasteiger partial charge is 0.188 e. The van der Waals surface area contributed by atoms with Crippen LogP contribution in [0.15, 0.2) is 18.2 Å². The molecule has 4 heteroatoms. The first-order valence-corrected chi connectivity index (χ1v) is 4.76. The van der Waals surface area contributed by atoms with E-state index >= 15 is 0 Å². The van der Waals surface area contributed by atoms with Crippen LogP contribution in [0.3, 0.4) is 0 Å². The minimum Gasteiger partial charge on any atom is -0.466 e. The van der Waals surface area contributed by atoms with E-state index in [-0.39, 0.29) is 6.79 Å². The summed E-state index contributed by atoms with van der Waals surface area (Å²) in [4.78, 5) is 0. The average molecular weight is 299 g/mol. The van der Waals surface area contributed by atoms with E-state index in [0.29, 0.717) is 10.8 Å². The Hall–Kier alpha value is -0.0000000000000000555. The molecule has 0 aromatic heterocycles. The van der Waals surface area contributed by atoms with Crippen molar-refractivity contribution in [2.24, 2.45) is 0 Å². The van der Waals surface area contributed by atoms with E-state index in [1.165, 1.54) is 0 Å². The zero-order valence-electron chi connectivity index (χ0n) is 6.51. The van der Waals surface area contributed by atoms with E-state index in [2.05, 4.69) is 22.6 Å². The molecule has 2 nitrogen and oxygen atoms in total. The third-order valence-electron chi connectivity index (χ3n) is 1.23. The van der Waals surface area contributed by atoms with Crippen LogP contribution >= 0.6 is 34.2 Å². The second kappa shape index (κ2) is 4.89. The van der Waals surface area contributed by atoms with Crippen LogP contribution in [0.2, 0.25) is 5.02 Å². The van der Waals surface area contributed by atoms with Gasteiger partial charge in [-0.3, -0.25) is 0 Å². The Kier molecular flexibility index (Phi) is 4.11. The van der Waals surface area contributed by atoms with Crippen LogP contribution in [0.5, 0.6) is 5.75 Å². The summed E-state index contributed by atoms with van der Waals surface area (Å²) in [6, 6.07) is 5.58. The van der Waals surface area contributed by atoms with Gasteiger partial charge in [-0.25, -0.2) is 0 Å². The van der Waals surface area contributed by atoms with Crippen LogP contribution in [0.1, 0.15) is 0 Å². The number of benzene rings is 1. The molecule has 0 spiro atoms. The highest BCUT2D eigenvalue weighted by Gasteiger charge is 2.00. The van der Waals surface area contributed by atoms with Crippen molar-refractivity contribution in [2.75, 3.05) is 13.9 Å². The fourth-order valence-corrected chi connectivity index (χ4v) is 1.34. The SMILES string of the molecule is COCOc1cc(I)ccc1Cl. The van der Waals surface area contributed by atoms with Crippen molar-refractivity contribution in [1.29, 1.82) is 0 Å². The minimum absolute atomic E-state index is 0.222. The molecule has 0 saturated carbocycles. The fourth-order valence-electron chi connectivity index (χ4n) is 0.710. The predicted octanol–water partition coefficient (Wildman–Crippen LogP) is 2.93. The summed E-state index contributed by atoms with van der Waals surface area (Å²) in [7, 11) is 1.57. The lowest BCUT2D eigenvalue weighted by molar-refractivity contribution is 0.0511. The Balaban J connectivity index is 2.75. The van der Waals surface area contributed by atoms with Crippen molar-refractivity contribution < 1.29 is 9.47 Å². The molecule has 1 rings (SSSR count). The van der Waals surface area contributed by atoms with Gasteiger partial charge in [0.1, 0.15) is 5.75 Å². The molecule has 0 aliphatic rings. The maximum atomic E-state index is 5.85. The summed E-state index contributed by atoms with van der Waals surface area (Å²) < 4.78 is 11.1. The number of methoxy groups -OCH3 is 1. The normalized spacial score (nSPS) is 9.92. The number of halogens is 2. The highest BCUT2D eigenvalue weighted by atomic mass is 127. The lowest BCUT2D eigenvalue weighted by Crippen LogP contribution is -1.99. The standard InChI is InChI=1S/C8H8ClIO2/c1-11-5-12-8-4-6(10)2-3-7(8)9/h2-4H,5H2,1H3. The van der Waals surface area contributed by atoms with Gasteiger partial charge in [0.2, 0.25) is 0 Å². The molecule has 1 aromatic carbocycles. The van der Waals surface area contributed by atoms with E-state index in [9.17, 15) is 0 Å². The molecule has 0 aliphatic heterocycles. The van der Waals surface area contributed by atoms with Crippen molar-refractivity contribution in [3.63, 3.8) is 0 Å². The predicted molar refractivity (Wildman–Crippen MR) is 56.7 cm³/mol. The third-order valence-corrected chi connectivity index (χ3v) is 2.21. The van der Waals surface area contributed by atoms with E-state index in [1.807, 2.05) is 12.1 Å². The Labute approximate surface area is 90.0 Å². The first-order chi connectivity index (χ1) is 5.74. The van der Waals surface area contributed by atoms with Crippen molar-refractivity contribution in [1.82, 2.24) is 0 Å². The molecule has 0 aliphatic carbocycles. The van der Waals surface area contributed by atoms with E-state index in [4.69, 9.17) is 21.1 Å². The summed E-state index contributed by atoms with van der Waals surface area (Å²) in [6.07, 6.45) is 0. The van der Waals surface area contributed by atoms with Crippen molar-refractivity contribution in [3.8, 4) is 5.75 Å². The molecule has 0 amide bonds. The van der Waals surface area contributed by atoms with E-state index < -0.39 is 0 Å². The summed E-state index contributed by atoms with van der Waals surface area (Å²) in [5.41, 5.74) is 0. The van der Waals surface area contributed by atoms with Gasteiger partial charge in [-0.05, 0) is 40.8 Å². The third kappa shape index (κ3) is 2.80. The Bertz CT molecular complexity index is 265. The number of ether oxygens (including phenoxy) is 2. The van der Waals surface area contributed by atoms with Crippen molar-refractivity contribution in [2.45, 2.75) is 0 Å². The molecule has 0 saturated heterocycles. The van der Waals surface area contributed by atoms with E-state index in [1.54, 1.807) is 13.2 Å². The fraction of sp³-hybridized carbons (Fsp3) is 0.250. The summed E-state index contributed by atoms with van der Waals surface area (Å²) in [5.74, 6) is 0.658. The van der Waals surface area contributed by atoms with Gasteiger partial charge in [0.15, 0.2) is 6.79 Å². The molecule has 0 bridgehead atoms. The van der Waals surface area contributed by atoms with Crippen molar-refractivity contribution >= 4 is 34.2 Å². The Morgan fingerprint density at radius 1 is 1.50 bits per heavy atom. The molecule has 0 N–H and O–H groups in total. The van der Waals surface area contributed by atoms with Gasteiger partial charge in [-0.2, -0.15) is 0 Å². The quantitative estimate of drug-likeness (QED) is 0.631. The van der Waals surface area contributed by atoms with Gasteiger partial charge in [0.25, 0.3) is 0 Å². The monoisotopic (exact) mass is 298 g/mol. The average Bonchev–Trinajstić information content (AvgIpc) is 2.07. The minimum atomic E-state index is 0.222. The first kappa shape index (κ1) is 10.1. The molecule has 12 heavy (non-hydrogen) atoms. The lowest BCUT2D eigenvalue weighted by Gasteiger charge is -2.06. The maximum absolute atomic E-state index is 5.85. The molecular weight excluding hydrogens is 290 g/mol. The van der Waals surface area contributed by atoms with E-state index in [0.717, 1.165) is 3.57 Å². The molecule has 66 valence electrons. The highest BCUT2D eigenvalue weighted by molar-refractivity contribution is 14.1. The first-order valence-electron chi connectivity index (χ1n) is 3.31. The topological polar surface area (TPSA) is 18.5 Å². The van der Waals surface area contributed by atoms with Crippen LogP contribution < -0.4 is 4.74 Å². The van der Waals surface area contributed by atoms with Crippen LogP contribution in [0, 0.1) is 3.57 Å². The van der Waals surface area contributed by atoms with Crippen LogP contribution in [0.25, 0.3) is 0 Å². The van der Waals surface area contributed by atoms with Crippen LogP contribution in [-0.4, -0.2) is 13.9 Å². The number of rotatable bonds is 3. The molecule has 0 unspecified atom stereocenters. The summed E-state index contributed by atoms with van der Waals surface area (Å²) in [6.45, 7) is 0.222. The summed E-state index contributed by atoms with van der Waals surface area (Å²) in [5, 5.41) is 0.604. The second-order valence-corrected chi connectivity index (χ2v) is 3.78. The van der Waals surface area contributed by atoms with Crippen LogP contribution in [0.4, 0.5) is 0 Å². The molecule has 0 radical (unpaired) electrons. The second-order valence-electron chi connectivity index (χ2n) is 2.13. The Morgan fingerprint density at radius 2 is 2.25 bits per heavy atom. The maximum Gasteiger partial charge on any atom is 0.188 e. The van der Waals surface area contributed by atoms with Crippen molar-refractivity contribution in [3.05, 3.63) is 26.8 Å². The largest absolute Gasteiger partial charge is 0.466 e. The van der Waals surface area contributed by atoms with Gasteiger partial charge in [0, 0.05) is 10.7 Å². The van der Waals surface area contributed by atoms with Crippen LogP contribution in [-0.2, 0) is 4.74 Å². The zero-order chi connectivity index (χ0) is 8.97. The van der Waals surface area contributed by atoms with Gasteiger partial charge < -0.3 is 9.47 Å². The molecule has 1 aromatic rings. The lowest BCUT2D eigenvalue weighted by atomic mass is 10.3. The highest BCUT2D eigenvalue weighted by Crippen LogP contribution is 2.25. The molecule has 0 atom stereocenters. The zero-order valence-corrected chi connectivity index (χ0v) is 9.43. The van der Waals surface area contributed by atoms with Gasteiger partial charge in [-0.15, -0.1) is 0 Å². The Morgan fingerprint density at radius 3 is 2.92 bits per heavy atom. The van der Waals surface area contributed by atoms with Gasteiger partial charge in [0.05, 0.1) is 5.02 Å². The van der Waals surface area contributed by atoms with Gasteiger partial charge >= 0.3 is 0 Å². The van der Waals surface area contributed by atoms with Gasteiger partial charge in [-0.1, -0.05) is 11.6 Å².